The molecule has 0 spiro atoms. The summed E-state index contributed by atoms with van der Waals surface area (Å²) in [6, 6.07) is 17.0. The first-order valence-electron chi connectivity index (χ1n) is 6.79. The van der Waals surface area contributed by atoms with Crippen LogP contribution >= 0.6 is 11.6 Å². The number of benzene rings is 2. The lowest BCUT2D eigenvalue weighted by Crippen LogP contribution is -2.33. The monoisotopic (exact) mass is 303 g/mol. The summed E-state index contributed by atoms with van der Waals surface area (Å²) in [5.74, 6) is -0.0819. The van der Waals surface area contributed by atoms with Crippen molar-refractivity contribution >= 4 is 17.5 Å². The third-order valence-corrected chi connectivity index (χ3v) is 3.50. The Balaban J connectivity index is 2.19. The molecular formula is C17H18ClNO2. The predicted molar refractivity (Wildman–Crippen MR) is 84.5 cm³/mol. The molecule has 0 saturated carbocycles. The number of ether oxygens (including phenoxy) is 1. The summed E-state index contributed by atoms with van der Waals surface area (Å²) >= 11 is 6.12. The van der Waals surface area contributed by atoms with Crippen molar-refractivity contribution in [2.45, 2.75) is 6.54 Å². The average Bonchev–Trinajstić information content (AvgIpc) is 2.52. The van der Waals surface area contributed by atoms with E-state index in [1.54, 1.807) is 24.1 Å². The zero-order chi connectivity index (χ0) is 15.1. The second-order valence-electron chi connectivity index (χ2n) is 4.68. The first kappa shape index (κ1) is 15.5. The lowest BCUT2D eigenvalue weighted by Gasteiger charge is -2.23. The molecule has 0 bridgehead atoms. The molecule has 0 N–H and O–H groups in total. The number of hydrogen-bond acceptors (Lipinski definition) is 2. The van der Waals surface area contributed by atoms with Crippen LogP contribution in [0.5, 0.6) is 0 Å². The second kappa shape index (κ2) is 7.81. The lowest BCUT2D eigenvalue weighted by molar-refractivity contribution is 0.0680. The highest BCUT2D eigenvalue weighted by atomic mass is 35.5. The number of halogens is 1. The summed E-state index contributed by atoms with van der Waals surface area (Å²) in [4.78, 5) is 14.4. The van der Waals surface area contributed by atoms with Gasteiger partial charge in [-0.2, -0.15) is 0 Å². The Morgan fingerprint density at radius 1 is 1.10 bits per heavy atom. The van der Waals surface area contributed by atoms with Gasteiger partial charge < -0.3 is 9.64 Å². The summed E-state index contributed by atoms with van der Waals surface area (Å²) in [6.45, 7) is 1.55. The van der Waals surface area contributed by atoms with Gasteiger partial charge in [-0.3, -0.25) is 4.79 Å². The minimum Gasteiger partial charge on any atom is -0.383 e. The number of nitrogens with zero attached hydrogens (tertiary/aromatic N) is 1. The molecule has 21 heavy (non-hydrogen) atoms. The van der Waals surface area contributed by atoms with Crippen LogP contribution in [0.2, 0.25) is 5.02 Å². The van der Waals surface area contributed by atoms with Gasteiger partial charge in [0.15, 0.2) is 0 Å². The Labute approximate surface area is 130 Å². The minimum absolute atomic E-state index is 0.0819. The van der Waals surface area contributed by atoms with Gasteiger partial charge in [-0.25, -0.2) is 0 Å². The van der Waals surface area contributed by atoms with E-state index in [-0.39, 0.29) is 5.91 Å². The summed E-state index contributed by atoms with van der Waals surface area (Å²) in [5, 5.41) is 0.470. The molecule has 0 atom stereocenters. The standard InChI is InChI=1S/C17H18ClNO2/c1-21-12-11-19(13-14-7-3-2-4-8-14)17(20)15-9-5-6-10-16(15)18/h2-10H,11-13H2,1H3. The Morgan fingerprint density at radius 2 is 1.76 bits per heavy atom. The summed E-state index contributed by atoms with van der Waals surface area (Å²) in [5.41, 5.74) is 1.60. The van der Waals surface area contributed by atoms with Gasteiger partial charge in [-0.1, -0.05) is 54.1 Å². The van der Waals surface area contributed by atoms with Crippen molar-refractivity contribution in [3.05, 3.63) is 70.7 Å². The highest BCUT2D eigenvalue weighted by molar-refractivity contribution is 6.33. The van der Waals surface area contributed by atoms with Crippen molar-refractivity contribution in [1.29, 1.82) is 0 Å². The van der Waals surface area contributed by atoms with Crippen LogP contribution in [0.25, 0.3) is 0 Å². The number of hydrogen-bond donors (Lipinski definition) is 0. The summed E-state index contributed by atoms with van der Waals surface area (Å²) in [7, 11) is 1.63. The molecule has 0 aliphatic heterocycles. The molecule has 2 aromatic carbocycles. The maximum atomic E-state index is 12.7. The van der Waals surface area contributed by atoms with Crippen LogP contribution in [0.4, 0.5) is 0 Å². The number of carbonyl (C=O) groups is 1. The van der Waals surface area contributed by atoms with Crippen LogP contribution in [0.3, 0.4) is 0 Å². The first-order valence-corrected chi connectivity index (χ1v) is 7.17. The van der Waals surface area contributed by atoms with E-state index >= 15 is 0 Å². The predicted octanol–water partition coefficient (Wildman–Crippen LogP) is 3.63. The molecule has 2 rings (SSSR count). The molecule has 1 amide bonds. The summed E-state index contributed by atoms with van der Waals surface area (Å²) < 4.78 is 5.10. The van der Waals surface area contributed by atoms with Crippen molar-refractivity contribution in [2.75, 3.05) is 20.3 Å². The molecule has 0 radical (unpaired) electrons. The maximum absolute atomic E-state index is 12.7. The summed E-state index contributed by atoms with van der Waals surface area (Å²) in [6.07, 6.45) is 0. The van der Waals surface area contributed by atoms with Crippen molar-refractivity contribution in [1.82, 2.24) is 4.90 Å². The van der Waals surface area contributed by atoms with E-state index in [0.29, 0.717) is 30.3 Å². The molecular weight excluding hydrogens is 286 g/mol. The van der Waals surface area contributed by atoms with Crippen LogP contribution in [-0.2, 0) is 11.3 Å². The number of carbonyl (C=O) groups excluding carboxylic acids is 1. The van der Waals surface area contributed by atoms with E-state index in [1.165, 1.54) is 0 Å². The fraction of sp³-hybridized carbons (Fsp3) is 0.235. The molecule has 110 valence electrons. The van der Waals surface area contributed by atoms with Gasteiger partial charge in [0, 0.05) is 20.2 Å². The molecule has 0 aliphatic carbocycles. The molecule has 0 aliphatic rings. The van der Waals surface area contributed by atoms with Gasteiger partial charge in [0.25, 0.3) is 5.91 Å². The zero-order valence-electron chi connectivity index (χ0n) is 12.0. The van der Waals surface area contributed by atoms with E-state index in [0.717, 1.165) is 5.56 Å². The molecule has 0 unspecified atom stereocenters. The largest absolute Gasteiger partial charge is 0.383 e. The van der Waals surface area contributed by atoms with Gasteiger partial charge in [0.2, 0.25) is 0 Å². The fourth-order valence-electron chi connectivity index (χ4n) is 2.06. The van der Waals surface area contributed by atoms with Crippen LogP contribution in [0, 0.1) is 0 Å². The highest BCUT2D eigenvalue weighted by Gasteiger charge is 2.18. The Hall–Kier alpha value is -1.84. The van der Waals surface area contributed by atoms with Crippen molar-refractivity contribution in [3.8, 4) is 0 Å². The van der Waals surface area contributed by atoms with E-state index < -0.39 is 0 Å². The van der Waals surface area contributed by atoms with Gasteiger partial charge >= 0.3 is 0 Å². The number of rotatable bonds is 6. The second-order valence-corrected chi connectivity index (χ2v) is 5.09. The van der Waals surface area contributed by atoms with Gasteiger partial charge in [0.05, 0.1) is 17.2 Å². The highest BCUT2D eigenvalue weighted by Crippen LogP contribution is 2.18. The molecule has 0 heterocycles. The van der Waals surface area contributed by atoms with E-state index in [9.17, 15) is 4.79 Å². The normalized spacial score (nSPS) is 10.4. The average molecular weight is 304 g/mol. The Bertz CT molecular complexity index is 586. The van der Waals surface area contributed by atoms with E-state index in [1.807, 2.05) is 42.5 Å². The molecule has 3 nitrogen and oxygen atoms in total. The Kier molecular flexibility index (Phi) is 5.78. The van der Waals surface area contributed by atoms with Gasteiger partial charge in [-0.15, -0.1) is 0 Å². The fourth-order valence-corrected chi connectivity index (χ4v) is 2.28. The van der Waals surface area contributed by atoms with Crippen LogP contribution in [-0.4, -0.2) is 31.1 Å². The maximum Gasteiger partial charge on any atom is 0.255 e. The van der Waals surface area contributed by atoms with Crippen LogP contribution < -0.4 is 0 Å². The lowest BCUT2D eigenvalue weighted by atomic mass is 10.1. The third-order valence-electron chi connectivity index (χ3n) is 3.17. The molecule has 2 aromatic rings. The van der Waals surface area contributed by atoms with E-state index in [2.05, 4.69) is 0 Å². The minimum atomic E-state index is -0.0819. The number of amides is 1. The molecule has 0 aromatic heterocycles. The first-order chi connectivity index (χ1) is 10.2. The van der Waals surface area contributed by atoms with Gasteiger partial charge in [0.1, 0.15) is 0 Å². The Morgan fingerprint density at radius 3 is 2.43 bits per heavy atom. The SMILES string of the molecule is COCCN(Cc1ccccc1)C(=O)c1ccccc1Cl. The van der Waals surface area contributed by atoms with Crippen molar-refractivity contribution in [2.24, 2.45) is 0 Å². The molecule has 4 heteroatoms. The van der Waals surface area contributed by atoms with Crippen molar-refractivity contribution < 1.29 is 9.53 Å². The van der Waals surface area contributed by atoms with Crippen LogP contribution in [0.15, 0.2) is 54.6 Å². The third kappa shape index (κ3) is 4.31. The number of methoxy groups -OCH3 is 1. The quantitative estimate of drug-likeness (QED) is 0.815. The van der Waals surface area contributed by atoms with Crippen LogP contribution in [0.1, 0.15) is 15.9 Å². The topological polar surface area (TPSA) is 29.5 Å². The molecule has 0 fully saturated rings. The smallest absolute Gasteiger partial charge is 0.255 e. The molecule has 0 saturated heterocycles. The van der Waals surface area contributed by atoms with Crippen molar-refractivity contribution in [3.63, 3.8) is 0 Å². The van der Waals surface area contributed by atoms with E-state index in [4.69, 9.17) is 16.3 Å². The van der Waals surface area contributed by atoms with Gasteiger partial charge in [-0.05, 0) is 17.7 Å². The zero-order valence-corrected chi connectivity index (χ0v) is 12.7.